The molecule has 344 valence electrons. The summed E-state index contributed by atoms with van der Waals surface area (Å²) in [7, 11) is 0. The van der Waals surface area contributed by atoms with Gasteiger partial charge >= 0.3 is 0 Å². The zero-order chi connectivity index (χ0) is 44.5. The number of aromatic hydroxyl groups is 4. The molecule has 0 unspecified atom stereocenters. The Kier molecular flexibility index (Phi) is 12.9. The van der Waals surface area contributed by atoms with Crippen LogP contribution in [0.2, 0.25) is 0 Å². The van der Waals surface area contributed by atoms with Gasteiger partial charge in [0.05, 0.1) is 0 Å². The van der Waals surface area contributed by atoms with Crippen molar-refractivity contribution in [3.63, 3.8) is 0 Å². The molecule has 0 atom stereocenters. The predicted molar refractivity (Wildman–Crippen MR) is 241 cm³/mol. The highest BCUT2D eigenvalue weighted by atomic mass is 16.7. The number of phenols is 4. The van der Waals surface area contributed by atoms with Crippen LogP contribution in [0.25, 0.3) is 0 Å². The normalized spacial score (nSPS) is 15.1. The summed E-state index contributed by atoms with van der Waals surface area (Å²) < 4.78 is 51.1. The van der Waals surface area contributed by atoms with Gasteiger partial charge in [-0.1, -0.05) is 79.1 Å². The minimum Gasteiger partial charge on any atom is -0.502 e. The first kappa shape index (κ1) is 43.7. The SMILES string of the molecule is CCCCCc1c2c3c(O)c4c1Cc1c(CCCCC)c5c(c(O)c1OCO4)OCOc1c(O)c4c(c(CCCCC)c1C5)Cc1c(CCCCC)c(c(c(O)c1OCO4)OCO3)C2. The fourth-order valence-electron chi connectivity index (χ4n) is 10.8. The molecule has 0 amide bonds. The van der Waals surface area contributed by atoms with E-state index in [1.807, 2.05) is 0 Å². The van der Waals surface area contributed by atoms with E-state index < -0.39 is 0 Å². The molecule has 64 heavy (non-hydrogen) atoms. The van der Waals surface area contributed by atoms with E-state index in [9.17, 15) is 20.4 Å². The van der Waals surface area contributed by atoms with Gasteiger partial charge in [0.25, 0.3) is 0 Å². The van der Waals surface area contributed by atoms with E-state index >= 15 is 0 Å². The van der Waals surface area contributed by atoms with Crippen molar-refractivity contribution in [1.29, 1.82) is 0 Å². The van der Waals surface area contributed by atoms with Crippen molar-refractivity contribution in [3.05, 3.63) is 66.8 Å². The maximum atomic E-state index is 12.4. The molecule has 0 radical (unpaired) electrons. The molecule has 5 aliphatic rings. The monoisotopic (exact) mass is 880 g/mol. The molecule has 9 rings (SSSR count). The molecule has 4 aromatic carbocycles. The van der Waals surface area contributed by atoms with Gasteiger partial charge in [-0.15, -0.1) is 0 Å². The average molecular weight is 881 g/mol. The Bertz CT molecular complexity index is 1960. The summed E-state index contributed by atoms with van der Waals surface area (Å²) in [6.07, 6.45) is 15.5. The molecular formula is C52H64O12. The van der Waals surface area contributed by atoms with E-state index in [-0.39, 0.29) is 96.2 Å². The first-order chi connectivity index (χ1) is 31.3. The van der Waals surface area contributed by atoms with Gasteiger partial charge in [-0.25, -0.2) is 0 Å². The number of unbranched alkanes of at least 4 members (excludes halogenated alkanes) is 8. The minimum absolute atomic E-state index is 0.132. The minimum atomic E-state index is -0.288. The fourth-order valence-corrected chi connectivity index (χ4v) is 10.8. The van der Waals surface area contributed by atoms with Crippen molar-refractivity contribution in [2.24, 2.45) is 0 Å². The largest absolute Gasteiger partial charge is 0.502 e. The Morgan fingerprint density at radius 2 is 0.453 bits per heavy atom. The number of phenolic OH excluding ortho intramolecular Hbond substituents is 4. The van der Waals surface area contributed by atoms with Crippen molar-refractivity contribution >= 4 is 0 Å². The summed E-state index contributed by atoms with van der Waals surface area (Å²) in [5.41, 5.74) is 10.6. The molecular weight excluding hydrogens is 817 g/mol. The van der Waals surface area contributed by atoms with Crippen molar-refractivity contribution in [2.75, 3.05) is 27.2 Å². The van der Waals surface area contributed by atoms with Gasteiger partial charge in [0.1, 0.15) is 0 Å². The number of benzene rings is 4. The van der Waals surface area contributed by atoms with Crippen LogP contribution >= 0.6 is 0 Å². The third-order valence-electron chi connectivity index (χ3n) is 14.0. The van der Waals surface area contributed by atoms with Crippen LogP contribution in [0.1, 0.15) is 172 Å². The Hall–Kier alpha value is -5.52. The zero-order valence-corrected chi connectivity index (χ0v) is 38.0. The van der Waals surface area contributed by atoms with E-state index in [1.165, 1.54) is 0 Å². The van der Waals surface area contributed by atoms with E-state index in [2.05, 4.69) is 27.7 Å². The first-order valence-corrected chi connectivity index (χ1v) is 23.9. The molecule has 0 aromatic heterocycles. The molecule has 0 saturated heterocycles. The van der Waals surface area contributed by atoms with Crippen LogP contribution in [0, 0.1) is 0 Å². The number of ether oxygens (including phenoxy) is 8. The van der Waals surface area contributed by atoms with Gasteiger partial charge in [-0.2, -0.15) is 0 Å². The highest BCUT2D eigenvalue weighted by molar-refractivity contribution is 5.74. The summed E-state index contributed by atoms with van der Waals surface area (Å²) in [6.45, 7) is 7.58. The lowest BCUT2D eigenvalue weighted by molar-refractivity contribution is 0.0881. The Morgan fingerprint density at radius 3 is 0.609 bits per heavy atom. The maximum Gasteiger partial charge on any atom is 0.231 e. The molecule has 0 spiro atoms. The molecule has 4 N–H and O–H groups in total. The van der Waals surface area contributed by atoms with Crippen LogP contribution in [0.5, 0.6) is 69.0 Å². The third kappa shape index (κ3) is 7.68. The van der Waals surface area contributed by atoms with Crippen molar-refractivity contribution in [1.82, 2.24) is 0 Å². The summed E-state index contributed by atoms with van der Waals surface area (Å²) >= 11 is 0. The zero-order valence-electron chi connectivity index (χ0n) is 38.0. The van der Waals surface area contributed by atoms with Gasteiger partial charge in [0.15, 0.2) is 46.0 Å². The van der Waals surface area contributed by atoms with Gasteiger partial charge < -0.3 is 58.3 Å². The molecule has 4 heterocycles. The van der Waals surface area contributed by atoms with Crippen LogP contribution in [0.3, 0.4) is 0 Å². The number of hydrogen-bond donors (Lipinski definition) is 4. The highest BCUT2D eigenvalue weighted by Crippen LogP contribution is 2.58. The second-order valence-electron chi connectivity index (χ2n) is 17.9. The quantitative estimate of drug-likeness (QED) is 0.0697. The second-order valence-corrected chi connectivity index (χ2v) is 17.9. The van der Waals surface area contributed by atoms with Gasteiger partial charge in [-0.3, -0.25) is 0 Å². The maximum absolute atomic E-state index is 12.4. The average Bonchev–Trinajstić information content (AvgIpc) is 3.24. The van der Waals surface area contributed by atoms with Crippen LogP contribution in [0.15, 0.2) is 0 Å². The van der Waals surface area contributed by atoms with Gasteiger partial charge in [0, 0.05) is 70.2 Å². The number of rotatable bonds is 16. The molecule has 12 nitrogen and oxygen atoms in total. The summed E-state index contributed by atoms with van der Waals surface area (Å²) in [5.74, 6) is 1.78. The van der Waals surface area contributed by atoms with E-state index in [4.69, 9.17) is 37.9 Å². The first-order valence-electron chi connectivity index (χ1n) is 23.9. The van der Waals surface area contributed by atoms with Crippen LogP contribution in [0.4, 0.5) is 0 Å². The molecule has 4 aliphatic heterocycles. The Balaban J connectivity index is 1.44. The predicted octanol–water partition coefficient (Wildman–Crippen LogP) is 11.0. The van der Waals surface area contributed by atoms with Crippen LogP contribution < -0.4 is 37.9 Å². The lowest BCUT2D eigenvalue weighted by Crippen LogP contribution is -2.23. The molecule has 1 aliphatic carbocycles. The topological polar surface area (TPSA) is 155 Å². The lowest BCUT2D eigenvalue weighted by atomic mass is 9.79. The molecule has 0 fully saturated rings. The van der Waals surface area contributed by atoms with Gasteiger partial charge in [-0.05, 0) is 73.6 Å². The van der Waals surface area contributed by atoms with Crippen molar-refractivity contribution in [3.8, 4) is 69.0 Å². The van der Waals surface area contributed by atoms with Crippen LogP contribution in [-0.4, -0.2) is 47.6 Å². The van der Waals surface area contributed by atoms with Crippen molar-refractivity contribution in [2.45, 2.75) is 156 Å². The lowest BCUT2D eigenvalue weighted by Gasteiger charge is -2.33. The van der Waals surface area contributed by atoms with Crippen molar-refractivity contribution < 1.29 is 58.3 Å². The molecule has 0 saturated carbocycles. The van der Waals surface area contributed by atoms with E-state index in [1.54, 1.807) is 0 Å². The van der Waals surface area contributed by atoms with Crippen LogP contribution in [-0.2, 0) is 51.4 Å². The second kappa shape index (κ2) is 18.9. The Morgan fingerprint density at radius 1 is 0.281 bits per heavy atom. The standard InChI is InChI=1S/C52H64O12/c1-5-9-13-17-29-33-21-35-30(18-14-10-6-2)37-23-39-32(20-16-12-8-4)40-24-38-31(19-15-11-7-3)36-22-34(29)46-41(53)45(33)57-25-59-47(35)42(54)49(37)61-27-63-51(39)44(56)52(40)64-28-62-50(38)43(55)48(36)60-26-58-46/h53-56H,5-28H2,1-4H3. The Labute approximate surface area is 376 Å². The highest BCUT2D eigenvalue weighted by Gasteiger charge is 2.39. The number of hydrogen-bond acceptors (Lipinski definition) is 12. The molecule has 8 bridgehead atoms. The molecule has 4 aromatic rings. The fraction of sp³-hybridized carbons (Fsp3) is 0.538. The summed E-state index contributed by atoms with van der Waals surface area (Å²) in [4.78, 5) is 0. The molecule has 12 heteroatoms. The summed E-state index contributed by atoms with van der Waals surface area (Å²) in [5, 5.41) is 49.5. The summed E-state index contributed by atoms with van der Waals surface area (Å²) in [6, 6.07) is 0. The third-order valence-corrected chi connectivity index (χ3v) is 14.0. The smallest absolute Gasteiger partial charge is 0.231 e. The van der Waals surface area contributed by atoms with E-state index in [0.717, 1.165) is 144 Å². The van der Waals surface area contributed by atoms with Gasteiger partial charge in [0.2, 0.25) is 50.2 Å². The van der Waals surface area contributed by atoms with E-state index in [0.29, 0.717) is 51.4 Å².